The molecule has 0 spiro atoms. The second-order valence-corrected chi connectivity index (χ2v) is 5.55. The molecule has 0 unspecified atom stereocenters. The number of pyridine rings is 1. The number of aromatic nitrogens is 1. The number of non-ortho nitro benzene ring substituents is 1. The number of rotatable bonds is 4. The zero-order valence-electron chi connectivity index (χ0n) is 13.0. The highest BCUT2D eigenvalue weighted by Crippen LogP contribution is 2.31. The van der Waals surface area contributed by atoms with Crippen LogP contribution in [0.1, 0.15) is 5.56 Å². The largest absolute Gasteiger partial charge is 0.398 e. The summed E-state index contributed by atoms with van der Waals surface area (Å²) in [6.07, 6.45) is 3.26. The predicted molar refractivity (Wildman–Crippen MR) is 99.4 cm³/mol. The van der Waals surface area contributed by atoms with E-state index in [1.165, 1.54) is 12.1 Å². The molecular weight excluding hydrogens is 340 g/mol. The first-order valence-electron chi connectivity index (χ1n) is 7.34. The first-order valence-corrected chi connectivity index (χ1v) is 7.72. The van der Waals surface area contributed by atoms with Crippen LogP contribution in [0.25, 0.3) is 11.1 Å². The highest BCUT2D eigenvalue weighted by Gasteiger charge is 2.12. The van der Waals surface area contributed by atoms with Crippen LogP contribution >= 0.6 is 11.6 Å². The summed E-state index contributed by atoms with van der Waals surface area (Å²) in [7, 11) is 0. The Kier molecular flexibility index (Phi) is 4.72. The van der Waals surface area contributed by atoms with Gasteiger partial charge in [0.25, 0.3) is 5.69 Å². The number of hydrogen-bond donors (Lipinski definition) is 1. The van der Waals surface area contributed by atoms with E-state index < -0.39 is 4.92 Å². The number of anilines is 1. The Balaban J connectivity index is 2.02. The Hall–Kier alpha value is -3.25. The molecule has 0 aliphatic heterocycles. The van der Waals surface area contributed by atoms with E-state index in [4.69, 9.17) is 17.3 Å². The van der Waals surface area contributed by atoms with E-state index in [0.717, 1.165) is 11.1 Å². The smallest absolute Gasteiger partial charge is 0.271 e. The van der Waals surface area contributed by atoms with Crippen molar-refractivity contribution < 1.29 is 4.92 Å². The van der Waals surface area contributed by atoms with Gasteiger partial charge >= 0.3 is 0 Å². The van der Waals surface area contributed by atoms with Gasteiger partial charge in [0.1, 0.15) is 5.69 Å². The monoisotopic (exact) mass is 352 g/mol. The van der Waals surface area contributed by atoms with Gasteiger partial charge in [-0.05, 0) is 23.8 Å². The number of hydrogen-bond acceptors (Lipinski definition) is 5. The molecule has 0 fully saturated rings. The third-order valence-corrected chi connectivity index (χ3v) is 3.87. The van der Waals surface area contributed by atoms with Gasteiger partial charge in [-0.1, -0.05) is 35.9 Å². The maximum atomic E-state index is 10.9. The van der Waals surface area contributed by atoms with Gasteiger partial charge in [0.05, 0.1) is 4.92 Å². The second-order valence-electron chi connectivity index (χ2n) is 5.19. The topological polar surface area (TPSA) is 94.4 Å². The molecule has 2 N–H and O–H groups in total. The van der Waals surface area contributed by atoms with Gasteiger partial charge in [-0.25, -0.2) is 4.98 Å². The Morgan fingerprint density at radius 3 is 2.64 bits per heavy atom. The predicted octanol–water partition coefficient (Wildman–Crippen LogP) is 4.64. The standard InChI is InChI=1S/C18H13ClN4O2/c19-18-17(6-3-9-21-18)22-11-12-4-1-2-5-14(12)15-8-7-13(23(24)25)10-16(15)20/h1-11H,20H2. The van der Waals surface area contributed by atoms with Gasteiger partial charge in [-0.15, -0.1) is 0 Å². The Labute approximate surface area is 148 Å². The average molecular weight is 353 g/mol. The molecule has 7 heteroatoms. The van der Waals surface area contributed by atoms with Crippen molar-refractivity contribution in [1.82, 2.24) is 4.98 Å². The fourth-order valence-electron chi connectivity index (χ4n) is 2.38. The van der Waals surface area contributed by atoms with Crippen LogP contribution in [0.3, 0.4) is 0 Å². The summed E-state index contributed by atoms with van der Waals surface area (Å²) in [5.41, 5.74) is 9.17. The lowest BCUT2D eigenvalue weighted by molar-refractivity contribution is -0.384. The molecule has 0 bridgehead atoms. The van der Waals surface area contributed by atoms with E-state index in [2.05, 4.69) is 9.98 Å². The van der Waals surface area contributed by atoms with E-state index in [0.29, 0.717) is 22.1 Å². The van der Waals surface area contributed by atoms with Gasteiger partial charge in [0.2, 0.25) is 0 Å². The molecule has 0 saturated heterocycles. The molecule has 0 saturated carbocycles. The number of nitrogens with zero attached hydrogens (tertiary/aromatic N) is 3. The van der Waals surface area contributed by atoms with Gasteiger partial charge in [0, 0.05) is 41.4 Å². The SMILES string of the molecule is Nc1cc([N+](=O)[O-])ccc1-c1ccccc1C=Nc1cccnc1Cl. The summed E-state index contributed by atoms with van der Waals surface area (Å²) < 4.78 is 0. The van der Waals surface area contributed by atoms with Crippen LogP contribution in [0.15, 0.2) is 65.8 Å². The van der Waals surface area contributed by atoms with E-state index in [-0.39, 0.29) is 5.69 Å². The second kappa shape index (κ2) is 7.11. The van der Waals surface area contributed by atoms with Crippen molar-refractivity contribution in [3.05, 3.63) is 81.6 Å². The Morgan fingerprint density at radius 2 is 1.92 bits per heavy atom. The van der Waals surface area contributed by atoms with Gasteiger partial charge in [-0.3, -0.25) is 15.1 Å². The number of benzene rings is 2. The zero-order chi connectivity index (χ0) is 17.8. The third kappa shape index (κ3) is 3.64. The van der Waals surface area contributed by atoms with Crippen LogP contribution in [0, 0.1) is 10.1 Å². The molecular formula is C18H13ClN4O2. The summed E-state index contributed by atoms with van der Waals surface area (Å²) >= 11 is 6.01. The number of aliphatic imine (C=N–C) groups is 1. The highest BCUT2D eigenvalue weighted by atomic mass is 35.5. The van der Waals surface area contributed by atoms with Crippen molar-refractivity contribution in [2.24, 2.45) is 4.99 Å². The third-order valence-electron chi connectivity index (χ3n) is 3.58. The van der Waals surface area contributed by atoms with Crippen molar-refractivity contribution in [1.29, 1.82) is 0 Å². The number of nitrogens with two attached hydrogens (primary N) is 1. The molecule has 2 aromatic carbocycles. The quantitative estimate of drug-likeness (QED) is 0.243. The van der Waals surface area contributed by atoms with Crippen LogP contribution in [0.4, 0.5) is 17.1 Å². The molecule has 0 amide bonds. The minimum absolute atomic E-state index is 0.0467. The maximum Gasteiger partial charge on any atom is 0.271 e. The van der Waals surface area contributed by atoms with Gasteiger partial charge in [0.15, 0.2) is 5.15 Å². The minimum atomic E-state index is -0.474. The molecule has 3 aromatic rings. The van der Waals surface area contributed by atoms with Crippen molar-refractivity contribution in [3.8, 4) is 11.1 Å². The van der Waals surface area contributed by atoms with Crippen LogP contribution in [0.2, 0.25) is 5.15 Å². The molecule has 6 nitrogen and oxygen atoms in total. The Bertz CT molecular complexity index is 973. The van der Waals surface area contributed by atoms with Crippen LogP contribution in [0.5, 0.6) is 0 Å². The maximum absolute atomic E-state index is 10.9. The van der Waals surface area contributed by atoms with Gasteiger partial charge in [-0.2, -0.15) is 0 Å². The summed E-state index contributed by atoms with van der Waals surface area (Å²) in [5.74, 6) is 0. The van der Waals surface area contributed by atoms with Crippen LogP contribution in [-0.4, -0.2) is 16.1 Å². The number of nitrogen functional groups attached to an aromatic ring is 1. The molecule has 124 valence electrons. The summed E-state index contributed by atoms with van der Waals surface area (Å²) in [4.78, 5) is 18.7. The molecule has 25 heavy (non-hydrogen) atoms. The number of halogens is 1. The number of nitro groups is 1. The molecule has 1 heterocycles. The lowest BCUT2D eigenvalue weighted by Crippen LogP contribution is -1.96. The first-order chi connectivity index (χ1) is 12.1. The normalized spacial score (nSPS) is 10.9. The van der Waals surface area contributed by atoms with Crippen LogP contribution < -0.4 is 5.73 Å². The highest BCUT2D eigenvalue weighted by molar-refractivity contribution is 6.31. The molecule has 0 atom stereocenters. The summed E-state index contributed by atoms with van der Waals surface area (Å²) in [5, 5.41) is 11.2. The lowest BCUT2D eigenvalue weighted by Gasteiger charge is -2.09. The van der Waals surface area contributed by atoms with Crippen molar-refractivity contribution in [2.45, 2.75) is 0 Å². The molecule has 1 aromatic heterocycles. The lowest BCUT2D eigenvalue weighted by atomic mass is 9.98. The molecule has 0 aliphatic rings. The fraction of sp³-hybridized carbons (Fsp3) is 0. The summed E-state index contributed by atoms with van der Waals surface area (Å²) in [6.45, 7) is 0. The number of nitro benzene ring substituents is 1. The summed E-state index contributed by atoms with van der Waals surface area (Å²) in [6, 6.07) is 15.4. The van der Waals surface area contributed by atoms with Crippen molar-refractivity contribution in [2.75, 3.05) is 5.73 Å². The van der Waals surface area contributed by atoms with Crippen molar-refractivity contribution in [3.63, 3.8) is 0 Å². The molecule has 0 aliphatic carbocycles. The fourth-order valence-corrected chi connectivity index (χ4v) is 2.54. The molecule has 0 radical (unpaired) electrons. The van der Waals surface area contributed by atoms with Gasteiger partial charge < -0.3 is 5.73 Å². The van der Waals surface area contributed by atoms with E-state index in [1.807, 2.05) is 24.3 Å². The van der Waals surface area contributed by atoms with Crippen molar-refractivity contribution >= 4 is 34.9 Å². The zero-order valence-corrected chi connectivity index (χ0v) is 13.7. The first kappa shape index (κ1) is 16.6. The van der Waals surface area contributed by atoms with E-state index >= 15 is 0 Å². The van der Waals surface area contributed by atoms with E-state index in [9.17, 15) is 10.1 Å². The van der Waals surface area contributed by atoms with Crippen LogP contribution in [-0.2, 0) is 0 Å². The van der Waals surface area contributed by atoms with E-state index in [1.54, 1.807) is 30.6 Å². The minimum Gasteiger partial charge on any atom is -0.398 e. The Morgan fingerprint density at radius 1 is 1.12 bits per heavy atom. The average Bonchev–Trinajstić information content (AvgIpc) is 2.61. The molecule has 3 rings (SSSR count).